The Labute approximate surface area is 493 Å². The summed E-state index contributed by atoms with van der Waals surface area (Å²) in [5, 5.41) is 27.0. The highest BCUT2D eigenvalue weighted by atomic mass is 16.2. The van der Waals surface area contributed by atoms with E-state index in [2.05, 4.69) is 77.8 Å². The number of amides is 4. The van der Waals surface area contributed by atoms with Gasteiger partial charge in [0.25, 0.3) is 0 Å². The number of aromatic nitrogens is 9. The van der Waals surface area contributed by atoms with E-state index in [1.54, 1.807) is 0 Å². The molecule has 0 fully saturated rings. The highest BCUT2D eigenvalue weighted by Gasteiger charge is 2.20. The van der Waals surface area contributed by atoms with Crippen LogP contribution in [-0.2, 0) is 45.4 Å². The van der Waals surface area contributed by atoms with Crippen molar-refractivity contribution in [3.8, 4) is 0 Å². The second-order valence-corrected chi connectivity index (χ2v) is 19.3. The van der Waals surface area contributed by atoms with Crippen molar-refractivity contribution in [2.75, 3.05) is 132 Å². The Balaban J connectivity index is 0.959. The normalized spacial score (nSPS) is 10.7. The van der Waals surface area contributed by atoms with Crippen molar-refractivity contribution >= 4 is 77.2 Å². The summed E-state index contributed by atoms with van der Waals surface area (Å²) in [7, 11) is 0. The Morgan fingerprint density at radius 2 is 0.671 bits per heavy atom. The molecule has 0 aliphatic heterocycles. The fraction of sp³-hybridized carbons (Fsp3) is 0.351. The molecule has 0 radical (unpaired) electrons. The van der Waals surface area contributed by atoms with Crippen LogP contribution in [-0.4, -0.2) is 154 Å². The van der Waals surface area contributed by atoms with Crippen molar-refractivity contribution in [2.24, 2.45) is 17.2 Å². The fourth-order valence-corrected chi connectivity index (χ4v) is 8.25. The molecule has 7 aromatic rings. The van der Waals surface area contributed by atoms with E-state index in [1.165, 1.54) is 6.92 Å². The number of rotatable bonds is 38. The summed E-state index contributed by atoms with van der Waals surface area (Å²) in [6.07, 6.45) is 1.33. The van der Waals surface area contributed by atoms with Crippen molar-refractivity contribution in [3.63, 3.8) is 0 Å². The predicted octanol–water partition coefficient (Wildman–Crippen LogP) is 1.88. The molecule has 0 saturated heterocycles. The minimum atomic E-state index is -0.585. The first-order chi connectivity index (χ1) is 41.5. The summed E-state index contributed by atoms with van der Waals surface area (Å²) in [4.78, 5) is 97.7. The van der Waals surface area contributed by atoms with Gasteiger partial charge in [-0.3, -0.25) is 19.2 Å². The molecular weight excluding hydrogens is 1080 g/mol. The number of hydrogen-bond acceptors (Lipinski definition) is 24. The number of hydrogen-bond donors (Lipinski definition) is 12. The van der Waals surface area contributed by atoms with Gasteiger partial charge in [-0.1, -0.05) is 121 Å². The largest absolute Gasteiger partial charge is 0.368 e. The molecule has 0 atom stereocenters. The van der Waals surface area contributed by atoms with E-state index in [1.807, 2.05) is 136 Å². The lowest BCUT2D eigenvalue weighted by Gasteiger charge is -2.24. The molecule has 0 unspecified atom stereocenters. The molecule has 3 aromatic heterocycles. The summed E-state index contributed by atoms with van der Waals surface area (Å²) in [6.45, 7) is 6.37. The molecular formula is C57H76N24O4. The lowest BCUT2D eigenvalue weighted by molar-refractivity contribution is -0.120. The molecule has 4 aromatic carbocycles. The third-order valence-corrected chi connectivity index (χ3v) is 12.3. The van der Waals surface area contributed by atoms with Crippen LogP contribution in [0.15, 0.2) is 121 Å². The monoisotopic (exact) mass is 1160 g/mol. The number of anilines is 9. The molecule has 3 heterocycles. The Morgan fingerprint density at radius 3 is 0.976 bits per heavy atom. The van der Waals surface area contributed by atoms with E-state index in [0.29, 0.717) is 96.1 Å². The highest BCUT2D eigenvalue weighted by molar-refractivity contribution is 5.81. The second kappa shape index (κ2) is 34.4. The summed E-state index contributed by atoms with van der Waals surface area (Å²) in [5.74, 6) is 0.771. The first-order valence-corrected chi connectivity index (χ1v) is 28.1. The average Bonchev–Trinajstić information content (AvgIpc) is 3.72. The fourth-order valence-electron chi connectivity index (χ4n) is 8.25. The molecule has 0 aliphatic rings. The van der Waals surface area contributed by atoms with Crippen molar-refractivity contribution in [3.05, 3.63) is 144 Å². The molecule has 15 N–H and O–H groups in total. The molecule has 7 rings (SSSR count). The second-order valence-electron chi connectivity index (χ2n) is 19.3. The van der Waals surface area contributed by atoms with Crippen molar-refractivity contribution < 1.29 is 19.2 Å². The van der Waals surface area contributed by atoms with Crippen LogP contribution in [0.1, 0.15) is 42.0 Å². The van der Waals surface area contributed by atoms with Crippen molar-refractivity contribution in [1.29, 1.82) is 0 Å². The molecule has 4 amide bonds. The van der Waals surface area contributed by atoms with E-state index in [0.717, 1.165) is 22.3 Å². The van der Waals surface area contributed by atoms with Crippen LogP contribution < -0.4 is 79.8 Å². The van der Waals surface area contributed by atoms with Gasteiger partial charge in [-0.15, -0.1) is 0 Å². The van der Waals surface area contributed by atoms with Gasteiger partial charge in [0.2, 0.25) is 77.2 Å². The number of carbonyl (C=O) groups excluding carboxylic acids is 4. The van der Waals surface area contributed by atoms with Gasteiger partial charge >= 0.3 is 0 Å². The van der Waals surface area contributed by atoms with Gasteiger partial charge < -0.3 is 79.8 Å². The summed E-state index contributed by atoms with van der Waals surface area (Å²) >= 11 is 0. The maximum atomic E-state index is 13.3. The van der Waals surface area contributed by atoms with E-state index in [-0.39, 0.29) is 99.2 Å². The Hall–Kier alpha value is -10.1. The van der Waals surface area contributed by atoms with Gasteiger partial charge in [0.15, 0.2) is 0 Å². The zero-order valence-corrected chi connectivity index (χ0v) is 47.7. The topological polar surface area (TPSA) is 380 Å². The van der Waals surface area contributed by atoms with Gasteiger partial charge in [-0.05, 0) is 48.2 Å². The van der Waals surface area contributed by atoms with E-state index in [4.69, 9.17) is 32.2 Å². The Bertz CT molecular complexity index is 3060. The van der Waals surface area contributed by atoms with Crippen LogP contribution in [0.25, 0.3) is 0 Å². The molecule has 0 bridgehead atoms. The van der Waals surface area contributed by atoms with Crippen LogP contribution in [0.2, 0.25) is 0 Å². The molecule has 85 heavy (non-hydrogen) atoms. The molecule has 0 saturated carbocycles. The maximum Gasteiger partial charge on any atom is 0.239 e. The third-order valence-electron chi connectivity index (χ3n) is 12.3. The minimum absolute atomic E-state index is 0.135. The minimum Gasteiger partial charge on any atom is -0.368 e. The number of nitrogens with one attached hydrogen (secondary N) is 9. The first-order valence-electron chi connectivity index (χ1n) is 28.1. The maximum absolute atomic E-state index is 13.3. The lowest BCUT2D eigenvalue weighted by Crippen LogP contribution is -2.35. The van der Waals surface area contributed by atoms with Crippen LogP contribution >= 0.6 is 0 Å². The third kappa shape index (κ3) is 22.6. The lowest BCUT2D eigenvalue weighted by atomic mass is 10.2. The smallest absolute Gasteiger partial charge is 0.239 e. The highest BCUT2D eigenvalue weighted by Crippen LogP contribution is 2.22. The van der Waals surface area contributed by atoms with Gasteiger partial charge in [0, 0.05) is 85.5 Å². The Morgan fingerprint density at radius 1 is 0.376 bits per heavy atom. The summed E-state index contributed by atoms with van der Waals surface area (Å²) < 4.78 is 0. The van der Waals surface area contributed by atoms with Gasteiger partial charge in [0.05, 0.1) is 19.6 Å². The number of nitrogens with two attached hydrogens (primary N) is 3. The van der Waals surface area contributed by atoms with Gasteiger partial charge in [-0.25, -0.2) is 0 Å². The number of primary amides is 1. The number of nitrogens with zero attached hydrogens (tertiary/aromatic N) is 12. The SMILES string of the molecule is CC(=O)NCCNc1nc(NCC(=O)NCCNc2nc(NCC(=O)NCCNc3nc(NCC(N)=O)nc(N(Cc4ccccc4)Cc4ccccc4)n3)nc(N(CCCN)CCCN)n2)nc(N(Cc2ccccc2)Cc2ccccc2)n1. The standard InChI is InChI=1S/C57H76N24O4/c1-41(82)61-26-29-64-50-72-54(78-57(74-50)81(39-44-20-10-4-11-21-44)40-45-22-12-5-13-23-45)69-36-48(85)62-27-30-65-49-71-53(76-55(73-49)79(32-14-24-58)33-15-25-59)68-35-47(84)63-28-31-66-51-70-52(67-34-46(60)83)77-56(75-51)80(37-42-16-6-2-7-17-42)38-43-18-8-3-9-19-43/h2-13,16-23H,14-15,24-40,58-59H2,1H3,(H2,60,83)(H,61,82)(H,62,85)(H,63,84)(H2,64,69,72,74,78)(H2,65,68,71,73,76)(H2,66,67,70,75,77). The molecule has 28 heteroatoms. The van der Waals surface area contributed by atoms with Crippen LogP contribution in [0.4, 0.5) is 53.5 Å². The molecule has 0 spiro atoms. The number of benzene rings is 4. The predicted molar refractivity (Wildman–Crippen MR) is 329 cm³/mol. The number of carbonyl (C=O) groups is 4. The first kappa shape index (κ1) is 62.5. The molecule has 448 valence electrons. The van der Waals surface area contributed by atoms with Crippen molar-refractivity contribution in [2.45, 2.75) is 45.9 Å². The molecule has 28 nitrogen and oxygen atoms in total. The van der Waals surface area contributed by atoms with E-state index in [9.17, 15) is 19.2 Å². The quantitative estimate of drug-likeness (QED) is 0.0246. The van der Waals surface area contributed by atoms with E-state index < -0.39 is 5.91 Å². The van der Waals surface area contributed by atoms with Gasteiger partial charge in [-0.2, -0.15) is 44.9 Å². The zero-order valence-electron chi connectivity index (χ0n) is 47.7. The van der Waals surface area contributed by atoms with Crippen molar-refractivity contribution in [1.82, 2.24) is 60.8 Å². The summed E-state index contributed by atoms with van der Waals surface area (Å²) in [6, 6.07) is 39.8. The van der Waals surface area contributed by atoms with Crippen LogP contribution in [0.5, 0.6) is 0 Å². The van der Waals surface area contributed by atoms with Gasteiger partial charge in [0.1, 0.15) is 0 Å². The van der Waals surface area contributed by atoms with Crippen LogP contribution in [0.3, 0.4) is 0 Å². The molecule has 0 aliphatic carbocycles. The zero-order chi connectivity index (χ0) is 59.9. The average molecular weight is 1160 g/mol. The van der Waals surface area contributed by atoms with Crippen LogP contribution in [0, 0.1) is 0 Å². The Kier molecular flexibility index (Phi) is 25.3. The summed E-state index contributed by atoms with van der Waals surface area (Å²) in [5.41, 5.74) is 21.4. The van der Waals surface area contributed by atoms with E-state index >= 15 is 0 Å².